The summed E-state index contributed by atoms with van der Waals surface area (Å²) in [6.45, 7) is 6.49. The van der Waals surface area contributed by atoms with Crippen LogP contribution in [0.4, 0.5) is 0 Å². The number of halogens is 1. The third-order valence-electron chi connectivity index (χ3n) is 5.35. The second kappa shape index (κ2) is 10.5. The van der Waals surface area contributed by atoms with Crippen LogP contribution in [0.2, 0.25) is 5.02 Å². The van der Waals surface area contributed by atoms with E-state index in [2.05, 4.69) is 34.3 Å². The Kier molecular flexibility index (Phi) is 7.30. The Morgan fingerprint density at radius 2 is 1.75 bits per heavy atom. The molecule has 0 spiro atoms. The third-order valence-corrected chi connectivity index (χ3v) is 5.70. The first-order chi connectivity index (χ1) is 15.6. The van der Waals surface area contributed by atoms with Crippen LogP contribution in [-0.2, 0) is 19.6 Å². The maximum atomic E-state index is 6.57. The van der Waals surface area contributed by atoms with Gasteiger partial charge in [0.05, 0.1) is 17.6 Å². The van der Waals surface area contributed by atoms with Crippen molar-refractivity contribution in [3.63, 3.8) is 0 Å². The molecule has 0 radical (unpaired) electrons. The molecule has 4 aromatic rings. The number of ether oxygens (including phenoxy) is 2. The Balaban J connectivity index is 1.37. The van der Waals surface area contributed by atoms with Gasteiger partial charge in [0.25, 0.3) is 0 Å². The molecule has 3 aromatic carbocycles. The van der Waals surface area contributed by atoms with Gasteiger partial charge in [-0.05, 0) is 48.7 Å². The molecule has 4 rings (SSSR count). The van der Waals surface area contributed by atoms with Crippen LogP contribution >= 0.6 is 11.6 Å². The minimum absolute atomic E-state index is 0.470. The van der Waals surface area contributed by atoms with Crippen LogP contribution < -0.4 is 14.8 Å². The predicted octanol–water partition coefficient (Wildman–Crippen LogP) is 5.83. The standard InChI is InChI=1S/C26H28ClN3O2/c1-3-31-24-14-20(16-28-13-12-26-29-22-10-6-7-11-23(22)30-26)21(27)15-25(24)32-17-19-9-5-4-8-18(19)2/h4-11,14-15,28H,3,12-13,16-17H2,1-2H3,(H,29,30). The average molecular weight is 450 g/mol. The monoisotopic (exact) mass is 449 g/mol. The number of fused-ring (bicyclic) bond motifs is 1. The molecule has 6 heteroatoms. The number of nitrogens with one attached hydrogen (secondary N) is 2. The van der Waals surface area contributed by atoms with Crippen molar-refractivity contribution in [1.29, 1.82) is 0 Å². The van der Waals surface area contributed by atoms with Crippen molar-refractivity contribution in [3.05, 3.63) is 88.2 Å². The van der Waals surface area contributed by atoms with E-state index in [1.807, 2.05) is 55.5 Å². The first-order valence-electron chi connectivity index (χ1n) is 10.9. The Labute approximate surface area is 193 Å². The van der Waals surface area contributed by atoms with Gasteiger partial charge in [-0.1, -0.05) is 48.0 Å². The maximum absolute atomic E-state index is 6.57. The number of para-hydroxylation sites is 2. The van der Waals surface area contributed by atoms with Crippen molar-refractivity contribution < 1.29 is 9.47 Å². The topological polar surface area (TPSA) is 59.2 Å². The Bertz CT molecular complexity index is 1160. The number of H-pyrrole nitrogens is 1. The molecule has 0 unspecified atom stereocenters. The van der Waals surface area contributed by atoms with Crippen molar-refractivity contribution in [1.82, 2.24) is 15.3 Å². The van der Waals surface area contributed by atoms with Crippen LogP contribution in [0.1, 0.15) is 29.4 Å². The van der Waals surface area contributed by atoms with Crippen molar-refractivity contribution in [2.75, 3.05) is 13.2 Å². The van der Waals surface area contributed by atoms with E-state index in [0.717, 1.165) is 41.0 Å². The molecule has 0 aliphatic rings. The summed E-state index contributed by atoms with van der Waals surface area (Å²) in [4.78, 5) is 7.97. The van der Waals surface area contributed by atoms with Crippen molar-refractivity contribution in [2.24, 2.45) is 0 Å². The van der Waals surface area contributed by atoms with Gasteiger partial charge in [0, 0.05) is 30.6 Å². The van der Waals surface area contributed by atoms with E-state index in [9.17, 15) is 0 Å². The average Bonchev–Trinajstić information content (AvgIpc) is 3.21. The molecule has 0 aliphatic heterocycles. The molecule has 0 saturated heterocycles. The number of imidazole rings is 1. The number of rotatable bonds is 10. The second-order valence-corrected chi connectivity index (χ2v) is 8.07. The first kappa shape index (κ1) is 22.2. The summed E-state index contributed by atoms with van der Waals surface area (Å²) < 4.78 is 11.9. The normalized spacial score (nSPS) is 11.1. The van der Waals surface area contributed by atoms with Crippen molar-refractivity contribution in [2.45, 2.75) is 33.4 Å². The molecule has 1 aromatic heterocycles. The van der Waals surface area contributed by atoms with E-state index in [4.69, 9.17) is 21.1 Å². The molecule has 0 fully saturated rings. The van der Waals surface area contributed by atoms with Crippen molar-refractivity contribution in [3.8, 4) is 11.5 Å². The van der Waals surface area contributed by atoms with Crippen molar-refractivity contribution >= 4 is 22.6 Å². The quantitative estimate of drug-likeness (QED) is 0.299. The first-order valence-corrected chi connectivity index (χ1v) is 11.3. The SMILES string of the molecule is CCOc1cc(CNCCc2nc3ccccc3[nH]2)c(Cl)cc1OCc1ccccc1C. The molecule has 2 N–H and O–H groups in total. The van der Waals surface area contributed by atoms with E-state index >= 15 is 0 Å². The predicted molar refractivity (Wildman–Crippen MR) is 130 cm³/mol. The van der Waals surface area contributed by atoms with Crippen LogP contribution in [-0.4, -0.2) is 23.1 Å². The molecule has 0 atom stereocenters. The minimum Gasteiger partial charge on any atom is -0.490 e. The second-order valence-electron chi connectivity index (χ2n) is 7.67. The van der Waals surface area contributed by atoms with Crippen LogP contribution in [0.5, 0.6) is 11.5 Å². The van der Waals surface area contributed by atoms with E-state index in [0.29, 0.717) is 36.3 Å². The number of aromatic nitrogens is 2. The smallest absolute Gasteiger partial charge is 0.163 e. The highest BCUT2D eigenvalue weighted by atomic mass is 35.5. The zero-order valence-corrected chi connectivity index (χ0v) is 19.2. The highest BCUT2D eigenvalue weighted by molar-refractivity contribution is 6.31. The van der Waals surface area contributed by atoms with E-state index < -0.39 is 0 Å². The van der Waals surface area contributed by atoms with Gasteiger partial charge in [-0.25, -0.2) is 4.98 Å². The molecule has 5 nitrogen and oxygen atoms in total. The Hall–Kier alpha value is -3.02. The summed E-state index contributed by atoms with van der Waals surface area (Å²) >= 11 is 6.57. The highest BCUT2D eigenvalue weighted by Crippen LogP contribution is 2.34. The lowest BCUT2D eigenvalue weighted by atomic mass is 10.1. The fraction of sp³-hybridized carbons (Fsp3) is 0.269. The number of aromatic amines is 1. The molecule has 0 aliphatic carbocycles. The van der Waals surface area contributed by atoms with E-state index in [1.54, 1.807) is 0 Å². The van der Waals surface area contributed by atoms with E-state index in [1.165, 1.54) is 5.56 Å². The molecule has 0 amide bonds. The number of aryl methyl sites for hydroxylation is 1. The third kappa shape index (κ3) is 5.42. The van der Waals surface area contributed by atoms with Gasteiger partial charge >= 0.3 is 0 Å². The Morgan fingerprint density at radius 3 is 2.56 bits per heavy atom. The number of nitrogens with zero attached hydrogens (tertiary/aromatic N) is 1. The Morgan fingerprint density at radius 1 is 0.969 bits per heavy atom. The fourth-order valence-electron chi connectivity index (χ4n) is 3.58. The number of hydrogen-bond acceptors (Lipinski definition) is 4. The van der Waals surface area contributed by atoms with Gasteiger partial charge in [-0.3, -0.25) is 0 Å². The summed E-state index contributed by atoms with van der Waals surface area (Å²) in [7, 11) is 0. The zero-order valence-electron chi connectivity index (χ0n) is 18.5. The maximum Gasteiger partial charge on any atom is 0.163 e. The van der Waals surface area contributed by atoms with Gasteiger partial charge in [-0.15, -0.1) is 0 Å². The molecule has 166 valence electrons. The van der Waals surface area contributed by atoms with Crippen LogP contribution in [0.3, 0.4) is 0 Å². The summed E-state index contributed by atoms with van der Waals surface area (Å²) in [5.41, 5.74) is 5.37. The van der Waals surface area contributed by atoms with E-state index in [-0.39, 0.29) is 0 Å². The lowest BCUT2D eigenvalue weighted by molar-refractivity contribution is 0.268. The van der Waals surface area contributed by atoms with Gasteiger partial charge in [0.15, 0.2) is 11.5 Å². The van der Waals surface area contributed by atoms with Gasteiger partial charge in [0.2, 0.25) is 0 Å². The van der Waals surface area contributed by atoms with Gasteiger partial charge in [-0.2, -0.15) is 0 Å². The largest absolute Gasteiger partial charge is 0.490 e. The summed E-state index contributed by atoms with van der Waals surface area (Å²) in [6.07, 6.45) is 0.808. The summed E-state index contributed by atoms with van der Waals surface area (Å²) in [5.74, 6) is 2.34. The van der Waals surface area contributed by atoms with Crippen LogP contribution in [0, 0.1) is 6.92 Å². The molecule has 1 heterocycles. The molecule has 0 bridgehead atoms. The lowest BCUT2D eigenvalue weighted by Gasteiger charge is -2.16. The molecule has 0 saturated carbocycles. The number of benzene rings is 3. The minimum atomic E-state index is 0.470. The molecular weight excluding hydrogens is 422 g/mol. The van der Waals surface area contributed by atoms with Crippen LogP contribution in [0.15, 0.2) is 60.7 Å². The summed E-state index contributed by atoms with van der Waals surface area (Å²) in [5, 5.41) is 4.11. The molecule has 32 heavy (non-hydrogen) atoms. The fourth-order valence-corrected chi connectivity index (χ4v) is 3.80. The summed E-state index contributed by atoms with van der Waals surface area (Å²) in [6, 6.07) is 20.1. The van der Waals surface area contributed by atoms with Gasteiger partial charge in [0.1, 0.15) is 12.4 Å². The number of hydrogen-bond donors (Lipinski definition) is 2. The zero-order chi connectivity index (χ0) is 22.3. The molecular formula is C26H28ClN3O2. The van der Waals surface area contributed by atoms with Crippen LogP contribution in [0.25, 0.3) is 11.0 Å². The van der Waals surface area contributed by atoms with Gasteiger partial charge < -0.3 is 19.8 Å². The lowest BCUT2D eigenvalue weighted by Crippen LogP contribution is -2.17. The highest BCUT2D eigenvalue weighted by Gasteiger charge is 2.12.